The molecule has 1 amide bonds. The molecule has 0 spiro atoms. The molecule has 4 heteroatoms. The summed E-state index contributed by atoms with van der Waals surface area (Å²) < 4.78 is 0. The average molecular weight is 228 g/mol. The Balaban J connectivity index is 2.84. The Bertz CT molecular complexity index is 253. The third kappa shape index (κ3) is 2.55. The van der Waals surface area contributed by atoms with E-state index in [9.17, 15) is 4.79 Å². The van der Waals surface area contributed by atoms with Gasteiger partial charge >= 0.3 is 0 Å². The summed E-state index contributed by atoms with van der Waals surface area (Å²) >= 11 is 0. The van der Waals surface area contributed by atoms with E-state index < -0.39 is 0 Å². The second-order valence-electron chi connectivity index (χ2n) is 5.22. The first-order valence-electron chi connectivity index (χ1n) is 6.11. The molecule has 2 N–H and O–H groups in total. The zero-order valence-electron chi connectivity index (χ0n) is 10.8. The summed E-state index contributed by atoms with van der Waals surface area (Å²) in [5, 5.41) is 12.2. The second-order valence-corrected chi connectivity index (χ2v) is 5.22. The zero-order valence-corrected chi connectivity index (χ0v) is 10.8. The molecule has 1 heterocycles. The molecule has 16 heavy (non-hydrogen) atoms. The van der Waals surface area contributed by atoms with Crippen LogP contribution in [0.4, 0.5) is 0 Å². The molecule has 0 radical (unpaired) electrons. The van der Waals surface area contributed by atoms with E-state index in [1.807, 2.05) is 4.90 Å². The van der Waals surface area contributed by atoms with Crippen molar-refractivity contribution in [2.75, 3.05) is 13.2 Å². The first-order valence-corrected chi connectivity index (χ1v) is 6.11. The molecule has 0 aromatic carbocycles. The molecule has 1 aliphatic heterocycles. The first-order chi connectivity index (χ1) is 7.44. The molecule has 0 bridgehead atoms. The number of aliphatic hydroxyl groups is 1. The normalized spacial score (nSPS) is 26.9. The molecule has 1 saturated heterocycles. The van der Waals surface area contributed by atoms with E-state index in [2.05, 4.69) is 33.0 Å². The van der Waals surface area contributed by atoms with Gasteiger partial charge in [-0.2, -0.15) is 0 Å². The lowest BCUT2D eigenvalue weighted by molar-refractivity contribution is -0.146. The van der Waals surface area contributed by atoms with E-state index in [0.29, 0.717) is 6.42 Å². The largest absolute Gasteiger partial charge is 0.396 e. The van der Waals surface area contributed by atoms with Crippen LogP contribution in [0.5, 0.6) is 0 Å². The van der Waals surface area contributed by atoms with Crippen LogP contribution in [0.15, 0.2) is 0 Å². The van der Waals surface area contributed by atoms with E-state index >= 15 is 0 Å². The molecule has 94 valence electrons. The number of aliphatic hydroxyl groups excluding tert-OH is 1. The smallest absolute Gasteiger partial charge is 0.240 e. The van der Waals surface area contributed by atoms with Crippen LogP contribution in [0.3, 0.4) is 0 Å². The lowest BCUT2D eigenvalue weighted by atomic mass is 9.93. The predicted octanol–water partition coefficient (Wildman–Crippen LogP) is 0.746. The van der Waals surface area contributed by atoms with Crippen molar-refractivity contribution in [2.45, 2.75) is 58.2 Å². The highest BCUT2D eigenvalue weighted by Gasteiger charge is 2.41. The lowest BCUT2D eigenvalue weighted by Gasteiger charge is -2.48. The summed E-state index contributed by atoms with van der Waals surface area (Å²) in [6, 6.07) is 0.0396. The van der Waals surface area contributed by atoms with Gasteiger partial charge in [-0.05, 0) is 33.6 Å². The quantitative estimate of drug-likeness (QED) is 0.746. The third-order valence-corrected chi connectivity index (χ3v) is 3.42. The van der Waals surface area contributed by atoms with Crippen molar-refractivity contribution in [1.82, 2.24) is 10.2 Å². The van der Waals surface area contributed by atoms with Gasteiger partial charge in [0.25, 0.3) is 0 Å². The lowest BCUT2D eigenvalue weighted by Crippen LogP contribution is -2.67. The van der Waals surface area contributed by atoms with Crippen molar-refractivity contribution < 1.29 is 9.90 Å². The summed E-state index contributed by atoms with van der Waals surface area (Å²) in [5.74, 6) is 0.125. The van der Waals surface area contributed by atoms with Crippen molar-refractivity contribution in [3.8, 4) is 0 Å². The van der Waals surface area contributed by atoms with Gasteiger partial charge in [-0.15, -0.1) is 0 Å². The van der Waals surface area contributed by atoms with Gasteiger partial charge in [0.15, 0.2) is 0 Å². The Hall–Kier alpha value is -0.610. The van der Waals surface area contributed by atoms with Gasteiger partial charge < -0.3 is 15.3 Å². The maximum absolute atomic E-state index is 12.3. The molecular formula is C12H24N2O2. The molecule has 0 aromatic rings. The summed E-state index contributed by atoms with van der Waals surface area (Å²) in [4.78, 5) is 14.3. The molecule has 2 unspecified atom stereocenters. The van der Waals surface area contributed by atoms with E-state index in [0.717, 1.165) is 13.0 Å². The fourth-order valence-electron chi connectivity index (χ4n) is 2.36. The van der Waals surface area contributed by atoms with Crippen LogP contribution in [0.25, 0.3) is 0 Å². The fraction of sp³-hybridized carbons (Fsp3) is 0.917. The number of amides is 1. The number of piperazine rings is 1. The monoisotopic (exact) mass is 228 g/mol. The minimum Gasteiger partial charge on any atom is -0.396 e. The topological polar surface area (TPSA) is 52.6 Å². The van der Waals surface area contributed by atoms with Crippen molar-refractivity contribution in [1.29, 1.82) is 0 Å². The van der Waals surface area contributed by atoms with E-state index in [1.54, 1.807) is 0 Å². The fourth-order valence-corrected chi connectivity index (χ4v) is 2.36. The number of carbonyl (C=O) groups is 1. The standard InChI is InChI=1S/C12H24N2O2/c1-5-9(2)14-11(16)10(6-7-15)13-8-12(14,3)4/h9-10,13,15H,5-8H2,1-4H3. The molecule has 0 aliphatic carbocycles. The van der Waals surface area contributed by atoms with E-state index in [4.69, 9.17) is 5.11 Å². The Labute approximate surface area is 98.0 Å². The highest BCUT2D eigenvalue weighted by atomic mass is 16.3. The van der Waals surface area contributed by atoms with Crippen molar-refractivity contribution in [3.05, 3.63) is 0 Å². The number of hydrogen-bond acceptors (Lipinski definition) is 3. The van der Waals surface area contributed by atoms with E-state index in [1.165, 1.54) is 0 Å². The zero-order chi connectivity index (χ0) is 12.3. The molecule has 1 rings (SSSR count). The van der Waals surface area contributed by atoms with Crippen molar-refractivity contribution in [3.63, 3.8) is 0 Å². The average Bonchev–Trinajstić information content (AvgIpc) is 2.22. The van der Waals surface area contributed by atoms with Gasteiger partial charge in [0.05, 0.1) is 11.6 Å². The molecule has 0 saturated carbocycles. The Morgan fingerprint density at radius 3 is 2.75 bits per heavy atom. The Kier molecular flexibility index (Phi) is 4.33. The van der Waals surface area contributed by atoms with Crippen molar-refractivity contribution in [2.24, 2.45) is 0 Å². The molecular weight excluding hydrogens is 204 g/mol. The number of nitrogens with zero attached hydrogens (tertiary/aromatic N) is 1. The van der Waals surface area contributed by atoms with Crippen LogP contribution in [0.1, 0.15) is 40.5 Å². The SMILES string of the molecule is CCC(C)N1C(=O)C(CCO)NCC1(C)C. The summed E-state index contributed by atoms with van der Waals surface area (Å²) in [6.45, 7) is 9.18. The maximum atomic E-state index is 12.3. The van der Waals surface area contributed by atoms with Crippen LogP contribution < -0.4 is 5.32 Å². The highest BCUT2D eigenvalue weighted by molar-refractivity contribution is 5.83. The second kappa shape index (κ2) is 5.15. The first kappa shape index (κ1) is 13.5. The van der Waals surface area contributed by atoms with Crippen molar-refractivity contribution >= 4 is 5.91 Å². The summed E-state index contributed by atoms with van der Waals surface area (Å²) in [7, 11) is 0. The third-order valence-electron chi connectivity index (χ3n) is 3.42. The van der Waals surface area contributed by atoms with Gasteiger partial charge in [0.2, 0.25) is 5.91 Å². The predicted molar refractivity (Wildman–Crippen MR) is 64.2 cm³/mol. The molecule has 1 aliphatic rings. The number of nitrogens with one attached hydrogen (secondary N) is 1. The number of carbonyl (C=O) groups excluding carboxylic acids is 1. The van der Waals surface area contributed by atoms with Gasteiger partial charge in [0, 0.05) is 19.2 Å². The van der Waals surface area contributed by atoms with Crippen LogP contribution in [-0.4, -0.2) is 46.7 Å². The maximum Gasteiger partial charge on any atom is 0.240 e. The Morgan fingerprint density at radius 2 is 2.25 bits per heavy atom. The van der Waals surface area contributed by atoms with Crippen LogP contribution >= 0.6 is 0 Å². The van der Waals surface area contributed by atoms with Gasteiger partial charge in [-0.3, -0.25) is 4.79 Å². The minimum atomic E-state index is -0.216. The minimum absolute atomic E-state index is 0.0538. The van der Waals surface area contributed by atoms with Crippen LogP contribution in [-0.2, 0) is 4.79 Å². The van der Waals surface area contributed by atoms with Crippen LogP contribution in [0, 0.1) is 0 Å². The number of rotatable bonds is 4. The van der Waals surface area contributed by atoms with Gasteiger partial charge in [-0.25, -0.2) is 0 Å². The van der Waals surface area contributed by atoms with Gasteiger partial charge in [0.1, 0.15) is 0 Å². The molecule has 0 aromatic heterocycles. The van der Waals surface area contributed by atoms with Gasteiger partial charge in [-0.1, -0.05) is 6.92 Å². The van der Waals surface area contributed by atoms with E-state index in [-0.39, 0.29) is 30.1 Å². The molecule has 2 atom stereocenters. The van der Waals surface area contributed by atoms with Crippen LogP contribution in [0.2, 0.25) is 0 Å². The highest BCUT2D eigenvalue weighted by Crippen LogP contribution is 2.24. The Morgan fingerprint density at radius 1 is 1.62 bits per heavy atom. The molecule has 4 nitrogen and oxygen atoms in total. The number of hydrogen-bond donors (Lipinski definition) is 2. The molecule has 1 fully saturated rings. The summed E-state index contributed by atoms with van der Waals surface area (Å²) in [6.07, 6.45) is 1.46. The summed E-state index contributed by atoms with van der Waals surface area (Å²) in [5.41, 5.74) is -0.140.